The van der Waals surface area contributed by atoms with Crippen LogP contribution in [-0.2, 0) is 6.54 Å². The molecule has 0 aliphatic carbocycles. The number of alkyl halides is 2. The minimum Gasteiger partial charge on any atom is -0.307 e. The molecule has 5 nitrogen and oxygen atoms in total. The van der Waals surface area contributed by atoms with Crippen molar-refractivity contribution in [2.24, 2.45) is 0 Å². The number of nitrogens with one attached hydrogen (secondary N) is 1. The predicted molar refractivity (Wildman–Crippen MR) is 97.2 cm³/mol. The maximum absolute atomic E-state index is 12.9. The SMILES string of the molecule is C[C@H](c1nccs1)N(C)Cc1cccc(-c2nc(C(F)F)cc(=O)[nH]2)c1. The summed E-state index contributed by atoms with van der Waals surface area (Å²) in [5.41, 5.74) is 0.463. The first-order valence-electron chi connectivity index (χ1n) is 8.02. The number of nitrogens with zero attached hydrogens (tertiary/aromatic N) is 3. The van der Waals surface area contributed by atoms with Crippen molar-refractivity contribution in [2.75, 3.05) is 7.05 Å². The molecule has 0 saturated carbocycles. The Bertz CT molecular complexity index is 927. The lowest BCUT2D eigenvalue weighted by Crippen LogP contribution is -2.21. The van der Waals surface area contributed by atoms with Gasteiger partial charge in [-0.3, -0.25) is 9.69 Å². The summed E-state index contributed by atoms with van der Waals surface area (Å²) in [4.78, 5) is 24.5. The Morgan fingerprint density at radius 3 is 2.81 bits per heavy atom. The smallest absolute Gasteiger partial charge is 0.280 e. The molecule has 0 bridgehead atoms. The summed E-state index contributed by atoms with van der Waals surface area (Å²) in [5.74, 6) is 0.144. The number of H-pyrrole nitrogens is 1. The molecule has 2 aromatic heterocycles. The highest BCUT2D eigenvalue weighted by Crippen LogP contribution is 2.24. The number of aromatic nitrogens is 3. The van der Waals surface area contributed by atoms with E-state index in [2.05, 4.69) is 26.8 Å². The zero-order chi connectivity index (χ0) is 18.7. The molecule has 8 heteroatoms. The molecular formula is C18H18F2N4OS. The molecule has 0 saturated heterocycles. The van der Waals surface area contributed by atoms with E-state index < -0.39 is 17.7 Å². The van der Waals surface area contributed by atoms with E-state index in [-0.39, 0.29) is 11.9 Å². The second-order valence-corrected chi connectivity index (χ2v) is 6.91. The van der Waals surface area contributed by atoms with Crippen molar-refractivity contribution in [3.05, 3.63) is 68.5 Å². The molecule has 3 rings (SSSR count). The van der Waals surface area contributed by atoms with Gasteiger partial charge in [0.1, 0.15) is 16.5 Å². The van der Waals surface area contributed by atoms with Crippen LogP contribution in [0.2, 0.25) is 0 Å². The standard InChI is InChI=1S/C18H18F2N4OS/c1-11(18-21-6-7-26-18)24(2)10-12-4-3-5-13(8-12)17-22-14(16(19)20)9-15(25)23-17/h3-9,11,16H,10H2,1-2H3,(H,22,23,25)/t11-/m1/s1. The summed E-state index contributed by atoms with van der Waals surface area (Å²) >= 11 is 1.60. The summed E-state index contributed by atoms with van der Waals surface area (Å²) < 4.78 is 25.8. The van der Waals surface area contributed by atoms with Gasteiger partial charge in [-0.1, -0.05) is 18.2 Å². The van der Waals surface area contributed by atoms with Crippen LogP contribution in [0.3, 0.4) is 0 Å². The lowest BCUT2D eigenvalue weighted by Gasteiger charge is -2.23. The highest BCUT2D eigenvalue weighted by Gasteiger charge is 2.15. The van der Waals surface area contributed by atoms with E-state index in [0.717, 1.165) is 16.6 Å². The Labute approximate surface area is 153 Å². The van der Waals surface area contributed by atoms with Crippen molar-refractivity contribution in [1.29, 1.82) is 0 Å². The maximum atomic E-state index is 12.9. The van der Waals surface area contributed by atoms with E-state index >= 15 is 0 Å². The average molecular weight is 376 g/mol. The third kappa shape index (κ3) is 4.20. The highest BCUT2D eigenvalue weighted by molar-refractivity contribution is 7.09. The average Bonchev–Trinajstić information content (AvgIpc) is 3.15. The highest BCUT2D eigenvalue weighted by atomic mass is 32.1. The summed E-state index contributed by atoms with van der Waals surface area (Å²) in [5, 5.41) is 2.97. The van der Waals surface area contributed by atoms with Crippen LogP contribution in [-0.4, -0.2) is 26.9 Å². The van der Waals surface area contributed by atoms with Gasteiger partial charge in [0.05, 0.1) is 6.04 Å². The molecule has 0 spiro atoms. The van der Waals surface area contributed by atoms with Gasteiger partial charge in [0.25, 0.3) is 12.0 Å². The summed E-state index contributed by atoms with van der Waals surface area (Å²) in [6.07, 6.45) is -1.01. The van der Waals surface area contributed by atoms with Gasteiger partial charge in [0.2, 0.25) is 0 Å². The van der Waals surface area contributed by atoms with Crippen molar-refractivity contribution in [1.82, 2.24) is 19.9 Å². The van der Waals surface area contributed by atoms with Crippen LogP contribution in [0.15, 0.2) is 46.7 Å². The molecule has 1 N–H and O–H groups in total. The number of hydrogen-bond donors (Lipinski definition) is 1. The van der Waals surface area contributed by atoms with Crippen LogP contribution in [0, 0.1) is 0 Å². The Morgan fingerprint density at radius 2 is 2.12 bits per heavy atom. The zero-order valence-electron chi connectivity index (χ0n) is 14.3. The third-order valence-corrected chi connectivity index (χ3v) is 5.03. The first kappa shape index (κ1) is 18.3. The Balaban J connectivity index is 1.84. The Hall–Kier alpha value is -2.45. The first-order valence-corrected chi connectivity index (χ1v) is 8.90. The normalized spacial score (nSPS) is 12.7. The molecule has 3 aromatic rings. The lowest BCUT2D eigenvalue weighted by atomic mass is 10.1. The molecule has 0 amide bonds. The minimum atomic E-state index is -2.79. The van der Waals surface area contributed by atoms with Gasteiger partial charge in [-0.05, 0) is 25.6 Å². The Kier molecular flexibility index (Phi) is 5.53. The molecule has 1 aromatic carbocycles. The fraction of sp³-hybridized carbons (Fsp3) is 0.278. The van der Waals surface area contributed by atoms with E-state index in [1.807, 2.05) is 30.6 Å². The van der Waals surface area contributed by atoms with Gasteiger partial charge >= 0.3 is 0 Å². The van der Waals surface area contributed by atoms with Gasteiger partial charge in [-0.15, -0.1) is 11.3 Å². The van der Waals surface area contributed by atoms with Gasteiger partial charge in [0, 0.05) is 29.8 Å². The van der Waals surface area contributed by atoms with E-state index in [9.17, 15) is 13.6 Å². The van der Waals surface area contributed by atoms with Crippen molar-refractivity contribution >= 4 is 11.3 Å². The largest absolute Gasteiger partial charge is 0.307 e. The quantitative estimate of drug-likeness (QED) is 0.706. The molecular weight excluding hydrogens is 358 g/mol. The monoisotopic (exact) mass is 376 g/mol. The third-order valence-electron chi connectivity index (χ3n) is 4.09. The van der Waals surface area contributed by atoms with Crippen molar-refractivity contribution < 1.29 is 8.78 Å². The molecule has 0 radical (unpaired) electrons. The molecule has 1 atom stereocenters. The minimum absolute atomic E-state index is 0.144. The van der Waals surface area contributed by atoms with E-state index in [0.29, 0.717) is 12.1 Å². The summed E-state index contributed by atoms with van der Waals surface area (Å²) in [7, 11) is 2.00. The van der Waals surface area contributed by atoms with E-state index in [1.54, 1.807) is 23.6 Å². The predicted octanol–water partition coefficient (Wildman–Crippen LogP) is 4.02. The number of halogens is 2. The first-order chi connectivity index (χ1) is 12.4. The van der Waals surface area contributed by atoms with Crippen LogP contribution in [0.1, 0.15) is 35.7 Å². The number of benzene rings is 1. The number of rotatable bonds is 6. The van der Waals surface area contributed by atoms with Crippen molar-refractivity contribution in [3.8, 4) is 11.4 Å². The van der Waals surface area contributed by atoms with Crippen LogP contribution in [0.4, 0.5) is 8.78 Å². The number of aromatic amines is 1. The number of hydrogen-bond acceptors (Lipinski definition) is 5. The van der Waals surface area contributed by atoms with Crippen molar-refractivity contribution in [3.63, 3.8) is 0 Å². The maximum Gasteiger partial charge on any atom is 0.280 e. The molecule has 2 heterocycles. The molecule has 136 valence electrons. The fourth-order valence-corrected chi connectivity index (χ4v) is 3.36. The lowest BCUT2D eigenvalue weighted by molar-refractivity contribution is 0.146. The second-order valence-electron chi connectivity index (χ2n) is 5.98. The summed E-state index contributed by atoms with van der Waals surface area (Å²) in [6, 6.07) is 8.32. The van der Waals surface area contributed by atoms with Crippen molar-refractivity contribution in [2.45, 2.75) is 25.9 Å². The van der Waals surface area contributed by atoms with Gasteiger partial charge in [0.15, 0.2) is 0 Å². The number of thiazole rings is 1. The van der Waals surface area contributed by atoms with E-state index in [4.69, 9.17) is 0 Å². The zero-order valence-corrected chi connectivity index (χ0v) is 15.1. The summed E-state index contributed by atoms with van der Waals surface area (Å²) in [6.45, 7) is 2.72. The van der Waals surface area contributed by atoms with Gasteiger partial charge in [-0.25, -0.2) is 18.7 Å². The Morgan fingerprint density at radius 1 is 1.31 bits per heavy atom. The molecule has 0 aliphatic heterocycles. The molecule has 0 fully saturated rings. The molecule has 0 unspecified atom stereocenters. The van der Waals surface area contributed by atoms with Gasteiger partial charge < -0.3 is 4.98 Å². The van der Waals surface area contributed by atoms with Crippen LogP contribution < -0.4 is 5.56 Å². The van der Waals surface area contributed by atoms with E-state index in [1.165, 1.54) is 0 Å². The van der Waals surface area contributed by atoms with Crippen LogP contribution in [0.25, 0.3) is 11.4 Å². The van der Waals surface area contributed by atoms with Crippen LogP contribution >= 0.6 is 11.3 Å². The fourth-order valence-electron chi connectivity index (χ4n) is 2.60. The molecule has 26 heavy (non-hydrogen) atoms. The van der Waals surface area contributed by atoms with Gasteiger partial charge in [-0.2, -0.15) is 0 Å². The topological polar surface area (TPSA) is 61.9 Å². The molecule has 0 aliphatic rings. The van der Waals surface area contributed by atoms with Crippen LogP contribution in [0.5, 0.6) is 0 Å². The second kappa shape index (κ2) is 7.84.